The molecule has 0 saturated heterocycles. The number of anilines is 1. The number of benzene rings is 2. The van der Waals surface area contributed by atoms with Crippen LogP contribution in [0.4, 0.5) is 5.69 Å². The molecule has 0 aliphatic carbocycles. The fourth-order valence-electron chi connectivity index (χ4n) is 3.15. The van der Waals surface area contributed by atoms with Crippen LogP contribution in [-0.4, -0.2) is 21.6 Å². The van der Waals surface area contributed by atoms with Gasteiger partial charge in [-0.05, 0) is 49.1 Å². The summed E-state index contributed by atoms with van der Waals surface area (Å²) < 4.78 is 33.4. The molecule has 0 fully saturated rings. The molecule has 0 amide bonds. The maximum Gasteiger partial charge on any atom is 0.268 e. The van der Waals surface area contributed by atoms with Crippen LogP contribution in [0.25, 0.3) is 0 Å². The molecule has 3 rings (SSSR count). The normalized spacial score (nSPS) is 17.2. The molecule has 0 unspecified atom stereocenters. The van der Waals surface area contributed by atoms with Crippen LogP contribution in [-0.2, 0) is 22.9 Å². The van der Waals surface area contributed by atoms with Crippen molar-refractivity contribution >= 4 is 15.7 Å². The summed E-state index contributed by atoms with van der Waals surface area (Å²) in [6, 6.07) is 12.9. The summed E-state index contributed by atoms with van der Waals surface area (Å²) in [5.74, 6) is 0.388. The van der Waals surface area contributed by atoms with E-state index in [-0.39, 0.29) is 10.9 Å². The van der Waals surface area contributed by atoms with Gasteiger partial charge in [-0.2, -0.15) is 0 Å². The van der Waals surface area contributed by atoms with Crippen LogP contribution < -0.4 is 9.04 Å². The van der Waals surface area contributed by atoms with Crippen LogP contribution in [0.1, 0.15) is 25.0 Å². The molecule has 2 aromatic carbocycles. The topological polar surface area (TPSA) is 46.6 Å². The van der Waals surface area contributed by atoms with Crippen molar-refractivity contribution in [1.82, 2.24) is 0 Å². The summed E-state index contributed by atoms with van der Waals surface area (Å²) in [6.07, 6.45) is 1.50. The molecule has 1 heterocycles. The lowest BCUT2D eigenvalue weighted by atomic mass is 10.1. The standard InChI is InChI=1S/C18H21NO3S/c1-4-14-9-10-17(22-3)18(12-14)23(20,21)19-13(2)11-15-7-5-6-8-16(15)19/h5-10,12-13H,4,11H2,1-3H3/t13-/m0/s1. The van der Waals surface area contributed by atoms with Gasteiger partial charge in [0.2, 0.25) is 0 Å². The van der Waals surface area contributed by atoms with Crippen LogP contribution in [0.5, 0.6) is 5.75 Å². The fourth-order valence-corrected chi connectivity index (χ4v) is 5.06. The predicted octanol–water partition coefficient (Wildman–Crippen LogP) is 3.40. The van der Waals surface area contributed by atoms with E-state index in [9.17, 15) is 8.42 Å². The molecule has 0 N–H and O–H groups in total. The van der Waals surface area contributed by atoms with E-state index in [1.807, 2.05) is 44.2 Å². The van der Waals surface area contributed by atoms with Gasteiger partial charge in [0.1, 0.15) is 10.6 Å². The van der Waals surface area contributed by atoms with Crippen LogP contribution >= 0.6 is 0 Å². The van der Waals surface area contributed by atoms with Gasteiger partial charge in [-0.3, -0.25) is 4.31 Å². The van der Waals surface area contributed by atoms with E-state index in [1.165, 1.54) is 11.4 Å². The lowest BCUT2D eigenvalue weighted by Gasteiger charge is -2.25. The molecule has 1 aliphatic rings. The van der Waals surface area contributed by atoms with Crippen molar-refractivity contribution in [2.24, 2.45) is 0 Å². The molecule has 122 valence electrons. The van der Waals surface area contributed by atoms with Gasteiger partial charge in [0.05, 0.1) is 12.8 Å². The Morgan fingerprint density at radius 2 is 1.96 bits per heavy atom. The van der Waals surface area contributed by atoms with Crippen LogP contribution in [0.2, 0.25) is 0 Å². The van der Waals surface area contributed by atoms with E-state index in [0.717, 1.165) is 29.7 Å². The molecular weight excluding hydrogens is 310 g/mol. The Morgan fingerprint density at radius 1 is 1.22 bits per heavy atom. The largest absolute Gasteiger partial charge is 0.495 e. The van der Waals surface area contributed by atoms with Crippen molar-refractivity contribution in [2.75, 3.05) is 11.4 Å². The summed E-state index contributed by atoms with van der Waals surface area (Å²) >= 11 is 0. The van der Waals surface area contributed by atoms with E-state index in [1.54, 1.807) is 12.1 Å². The molecule has 1 atom stereocenters. The summed E-state index contributed by atoms with van der Waals surface area (Å²) in [5.41, 5.74) is 2.81. The lowest BCUT2D eigenvalue weighted by molar-refractivity contribution is 0.402. The van der Waals surface area contributed by atoms with Crippen molar-refractivity contribution in [3.8, 4) is 5.75 Å². The van der Waals surface area contributed by atoms with Crippen molar-refractivity contribution < 1.29 is 13.2 Å². The van der Waals surface area contributed by atoms with Crippen LogP contribution in [0.3, 0.4) is 0 Å². The third-order valence-corrected chi connectivity index (χ3v) is 6.27. The molecule has 23 heavy (non-hydrogen) atoms. The maximum absolute atomic E-state index is 13.3. The van der Waals surface area contributed by atoms with Gasteiger partial charge in [0, 0.05) is 6.04 Å². The Morgan fingerprint density at radius 3 is 2.65 bits per heavy atom. The van der Waals surface area contributed by atoms with Gasteiger partial charge in [-0.25, -0.2) is 8.42 Å². The highest BCUT2D eigenvalue weighted by molar-refractivity contribution is 7.93. The number of ether oxygens (including phenoxy) is 1. The molecule has 0 aromatic heterocycles. The quantitative estimate of drug-likeness (QED) is 0.863. The highest BCUT2D eigenvalue weighted by Crippen LogP contribution is 2.38. The number of aryl methyl sites for hydroxylation is 1. The average Bonchev–Trinajstić information content (AvgIpc) is 2.90. The minimum Gasteiger partial charge on any atom is -0.495 e. The molecule has 2 aromatic rings. The Balaban J connectivity index is 2.16. The van der Waals surface area contributed by atoms with Crippen LogP contribution in [0.15, 0.2) is 47.4 Å². The first-order valence-electron chi connectivity index (χ1n) is 7.78. The van der Waals surface area contributed by atoms with E-state index in [2.05, 4.69) is 0 Å². The second-order valence-electron chi connectivity index (χ2n) is 5.82. The number of methoxy groups -OCH3 is 1. The monoisotopic (exact) mass is 331 g/mol. The molecule has 1 aliphatic heterocycles. The van der Waals surface area contributed by atoms with Gasteiger partial charge in [-0.15, -0.1) is 0 Å². The molecule has 4 nitrogen and oxygen atoms in total. The van der Waals surface area contributed by atoms with Crippen molar-refractivity contribution in [1.29, 1.82) is 0 Å². The minimum atomic E-state index is -3.67. The molecule has 0 spiro atoms. The number of hydrogen-bond donors (Lipinski definition) is 0. The second-order valence-corrected chi connectivity index (χ2v) is 7.60. The lowest BCUT2D eigenvalue weighted by Crippen LogP contribution is -2.36. The smallest absolute Gasteiger partial charge is 0.268 e. The third-order valence-electron chi connectivity index (χ3n) is 4.32. The van der Waals surface area contributed by atoms with E-state index < -0.39 is 10.0 Å². The number of rotatable bonds is 4. The number of hydrogen-bond acceptors (Lipinski definition) is 3. The zero-order valence-corrected chi connectivity index (χ0v) is 14.4. The van der Waals surface area contributed by atoms with Gasteiger partial charge in [0.15, 0.2) is 0 Å². The van der Waals surface area contributed by atoms with Crippen molar-refractivity contribution in [3.63, 3.8) is 0 Å². The van der Waals surface area contributed by atoms with E-state index in [4.69, 9.17) is 4.74 Å². The molecule has 0 bridgehead atoms. The van der Waals surface area contributed by atoms with E-state index in [0.29, 0.717) is 5.75 Å². The Kier molecular flexibility index (Phi) is 4.06. The minimum absolute atomic E-state index is 0.104. The summed E-state index contributed by atoms with van der Waals surface area (Å²) in [6.45, 7) is 3.94. The van der Waals surface area contributed by atoms with Gasteiger partial charge in [-0.1, -0.05) is 31.2 Å². The van der Waals surface area contributed by atoms with Crippen LogP contribution in [0, 0.1) is 0 Å². The first kappa shape index (κ1) is 15.9. The number of para-hydroxylation sites is 1. The first-order valence-corrected chi connectivity index (χ1v) is 9.22. The molecular formula is C18H21NO3S. The van der Waals surface area contributed by atoms with E-state index >= 15 is 0 Å². The number of sulfonamides is 1. The molecule has 0 radical (unpaired) electrons. The summed E-state index contributed by atoms with van der Waals surface area (Å²) in [5, 5.41) is 0. The fraction of sp³-hybridized carbons (Fsp3) is 0.333. The summed E-state index contributed by atoms with van der Waals surface area (Å²) in [7, 11) is -2.17. The highest BCUT2D eigenvalue weighted by Gasteiger charge is 2.37. The highest BCUT2D eigenvalue weighted by atomic mass is 32.2. The molecule has 5 heteroatoms. The summed E-state index contributed by atoms with van der Waals surface area (Å²) in [4.78, 5) is 0.239. The van der Waals surface area contributed by atoms with Gasteiger partial charge >= 0.3 is 0 Å². The molecule has 0 saturated carbocycles. The second kappa shape index (κ2) is 5.89. The first-order chi connectivity index (χ1) is 11.0. The maximum atomic E-state index is 13.3. The third kappa shape index (κ3) is 2.59. The van der Waals surface area contributed by atoms with Gasteiger partial charge in [0.25, 0.3) is 10.0 Å². The van der Waals surface area contributed by atoms with Crippen molar-refractivity contribution in [2.45, 2.75) is 37.6 Å². The Bertz CT molecular complexity index is 830. The zero-order valence-electron chi connectivity index (χ0n) is 13.6. The van der Waals surface area contributed by atoms with Crippen molar-refractivity contribution in [3.05, 3.63) is 53.6 Å². The number of nitrogens with zero attached hydrogens (tertiary/aromatic N) is 1. The SMILES string of the molecule is CCc1ccc(OC)c(S(=O)(=O)N2c3ccccc3C[C@@H]2C)c1. The Labute approximate surface area is 137 Å². The Hall–Kier alpha value is -2.01. The van der Waals surface area contributed by atoms with Gasteiger partial charge < -0.3 is 4.74 Å². The number of fused-ring (bicyclic) bond motifs is 1. The zero-order chi connectivity index (χ0) is 16.6. The average molecular weight is 331 g/mol. The predicted molar refractivity (Wildman–Crippen MR) is 91.6 cm³/mol.